The molecule has 2 heterocycles. The molecule has 0 aliphatic heterocycles. The molecule has 6 heteroatoms. The van der Waals surface area contributed by atoms with Gasteiger partial charge in [0.1, 0.15) is 5.82 Å². The van der Waals surface area contributed by atoms with E-state index in [2.05, 4.69) is 25.7 Å². The monoisotopic (exact) mass is 269 g/mol. The Hall–Kier alpha value is -1.56. The number of anilines is 1. The first-order valence-electron chi connectivity index (χ1n) is 4.15. The van der Waals surface area contributed by atoms with Crippen LogP contribution in [-0.4, -0.2) is 22.5 Å². The average Bonchev–Trinajstić information content (AvgIpc) is 2.68. The number of hydrogen-bond acceptors (Lipinski definition) is 4. The minimum absolute atomic E-state index is 0.173. The fourth-order valence-corrected chi connectivity index (χ4v) is 1.75. The zero-order valence-corrected chi connectivity index (χ0v) is 9.48. The molecule has 2 rings (SSSR count). The highest BCUT2D eigenvalue weighted by molar-refractivity contribution is 9.10. The first kappa shape index (κ1) is 9.97. The Balaban J connectivity index is 2.79. The third kappa shape index (κ3) is 1.46. The van der Waals surface area contributed by atoms with Gasteiger partial charge in [-0.3, -0.25) is 4.40 Å². The van der Waals surface area contributed by atoms with E-state index in [0.717, 1.165) is 9.99 Å². The Morgan fingerprint density at radius 3 is 3.00 bits per heavy atom. The van der Waals surface area contributed by atoms with Crippen molar-refractivity contribution < 1.29 is 9.53 Å². The van der Waals surface area contributed by atoms with E-state index in [0.29, 0.717) is 5.82 Å². The molecular weight excluding hydrogens is 262 g/mol. The highest BCUT2D eigenvalue weighted by Gasteiger charge is 2.15. The number of fused-ring (bicyclic) bond motifs is 1. The van der Waals surface area contributed by atoms with Crippen LogP contribution < -0.4 is 5.73 Å². The van der Waals surface area contributed by atoms with Crippen molar-refractivity contribution in [2.24, 2.45) is 0 Å². The molecule has 0 radical (unpaired) electrons. The van der Waals surface area contributed by atoms with E-state index in [1.165, 1.54) is 11.5 Å². The number of esters is 1. The van der Waals surface area contributed by atoms with Crippen molar-refractivity contribution in [1.82, 2.24) is 9.38 Å². The summed E-state index contributed by atoms with van der Waals surface area (Å²) in [7, 11) is 1.30. The topological polar surface area (TPSA) is 69.6 Å². The summed E-state index contributed by atoms with van der Waals surface area (Å²) in [6.45, 7) is 0. The number of rotatable bonds is 1. The predicted octanol–water partition coefficient (Wildman–Crippen LogP) is 1.47. The van der Waals surface area contributed by atoms with Crippen LogP contribution in [0.1, 0.15) is 10.6 Å². The third-order valence-electron chi connectivity index (χ3n) is 2.03. The summed E-state index contributed by atoms with van der Waals surface area (Å²) in [4.78, 5) is 15.3. The van der Waals surface area contributed by atoms with E-state index in [9.17, 15) is 4.79 Å². The normalized spacial score (nSPS) is 10.5. The molecule has 15 heavy (non-hydrogen) atoms. The van der Waals surface area contributed by atoms with Crippen LogP contribution in [0.15, 0.2) is 22.8 Å². The fraction of sp³-hybridized carbons (Fsp3) is 0.111. The molecule has 0 amide bonds. The van der Waals surface area contributed by atoms with Crippen LogP contribution in [0.2, 0.25) is 0 Å². The minimum Gasteiger partial charge on any atom is -0.463 e. The number of hydrogen-bond donors (Lipinski definition) is 1. The molecule has 78 valence electrons. The molecule has 0 saturated carbocycles. The van der Waals surface area contributed by atoms with Gasteiger partial charge in [0.2, 0.25) is 5.82 Å². The standard InChI is InChI=1S/C9H8BrN3O2/c1-15-9(14)8-12-4-6-5(10)2-3-7(11)13(6)8/h2-4H,11H2,1H3. The van der Waals surface area contributed by atoms with E-state index < -0.39 is 5.97 Å². The number of halogens is 1. The number of carbonyl (C=O) groups excluding carboxylic acids is 1. The van der Waals surface area contributed by atoms with Crippen molar-refractivity contribution in [3.8, 4) is 0 Å². The molecule has 0 aromatic carbocycles. The third-order valence-corrected chi connectivity index (χ3v) is 2.70. The van der Waals surface area contributed by atoms with E-state index >= 15 is 0 Å². The molecule has 2 aromatic rings. The maximum Gasteiger partial charge on any atom is 0.374 e. The predicted molar refractivity (Wildman–Crippen MR) is 58.6 cm³/mol. The number of pyridine rings is 1. The number of carbonyl (C=O) groups is 1. The van der Waals surface area contributed by atoms with Gasteiger partial charge in [0.15, 0.2) is 0 Å². The van der Waals surface area contributed by atoms with Gasteiger partial charge >= 0.3 is 5.97 Å². The molecule has 0 spiro atoms. The van der Waals surface area contributed by atoms with E-state index in [1.54, 1.807) is 18.3 Å². The summed E-state index contributed by atoms with van der Waals surface area (Å²) in [5.41, 5.74) is 6.49. The number of aromatic nitrogens is 2. The summed E-state index contributed by atoms with van der Waals surface area (Å²) in [6, 6.07) is 3.48. The van der Waals surface area contributed by atoms with E-state index in [1.807, 2.05) is 0 Å². The van der Waals surface area contributed by atoms with Crippen LogP contribution in [0, 0.1) is 0 Å². The van der Waals surface area contributed by atoms with Gasteiger partial charge in [-0.2, -0.15) is 0 Å². The van der Waals surface area contributed by atoms with Gasteiger partial charge in [0.05, 0.1) is 18.8 Å². The van der Waals surface area contributed by atoms with Crippen molar-refractivity contribution in [3.63, 3.8) is 0 Å². The van der Waals surface area contributed by atoms with Crippen molar-refractivity contribution in [1.29, 1.82) is 0 Å². The largest absolute Gasteiger partial charge is 0.463 e. The molecule has 5 nitrogen and oxygen atoms in total. The molecule has 0 bridgehead atoms. The maximum absolute atomic E-state index is 11.4. The average molecular weight is 270 g/mol. The van der Waals surface area contributed by atoms with Crippen LogP contribution in [0.4, 0.5) is 5.82 Å². The number of nitrogens with two attached hydrogens (primary N) is 1. The Kier molecular flexibility index (Phi) is 2.36. The lowest BCUT2D eigenvalue weighted by atomic mass is 10.4. The Morgan fingerprint density at radius 2 is 2.33 bits per heavy atom. The van der Waals surface area contributed by atoms with Crippen molar-refractivity contribution in [2.75, 3.05) is 12.8 Å². The van der Waals surface area contributed by atoms with Gasteiger partial charge in [0, 0.05) is 4.47 Å². The van der Waals surface area contributed by atoms with Gasteiger partial charge < -0.3 is 10.5 Å². The highest BCUT2D eigenvalue weighted by Crippen LogP contribution is 2.22. The molecule has 0 atom stereocenters. The van der Waals surface area contributed by atoms with Crippen molar-refractivity contribution in [2.45, 2.75) is 0 Å². The Morgan fingerprint density at radius 1 is 1.60 bits per heavy atom. The quantitative estimate of drug-likeness (QED) is 0.796. The first-order chi connectivity index (χ1) is 7.15. The number of ether oxygens (including phenoxy) is 1. The molecule has 2 N–H and O–H groups in total. The van der Waals surface area contributed by atoms with Gasteiger partial charge in [-0.05, 0) is 28.1 Å². The Labute approximate surface area is 94.0 Å². The molecule has 0 aliphatic rings. The first-order valence-corrected chi connectivity index (χ1v) is 4.94. The zero-order valence-electron chi connectivity index (χ0n) is 7.90. The highest BCUT2D eigenvalue weighted by atomic mass is 79.9. The second-order valence-corrected chi connectivity index (χ2v) is 3.75. The van der Waals surface area contributed by atoms with E-state index in [-0.39, 0.29) is 5.82 Å². The van der Waals surface area contributed by atoms with E-state index in [4.69, 9.17) is 5.73 Å². The van der Waals surface area contributed by atoms with Crippen LogP contribution in [0.3, 0.4) is 0 Å². The van der Waals surface area contributed by atoms with Crippen LogP contribution in [-0.2, 0) is 4.74 Å². The summed E-state index contributed by atoms with van der Waals surface area (Å²) < 4.78 is 6.96. The summed E-state index contributed by atoms with van der Waals surface area (Å²) >= 11 is 3.35. The van der Waals surface area contributed by atoms with Crippen LogP contribution in [0.5, 0.6) is 0 Å². The number of imidazole rings is 1. The summed E-state index contributed by atoms with van der Waals surface area (Å²) in [5.74, 6) is 0.0946. The lowest BCUT2D eigenvalue weighted by Gasteiger charge is -2.04. The maximum atomic E-state index is 11.4. The molecule has 0 saturated heterocycles. The van der Waals surface area contributed by atoms with Gasteiger partial charge in [-0.15, -0.1) is 0 Å². The summed E-state index contributed by atoms with van der Waals surface area (Å²) in [6.07, 6.45) is 1.56. The molecule has 2 aromatic heterocycles. The number of nitrogen functional groups attached to an aromatic ring is 1. The zero-order chi connectivity index (χ0) is 11.0. The summed E-state index contributed by atoms with van der Waals surface area (Å²) in [5, 5.41) is 0. The molecule has 0 aliphatic carbocycles. The molecule has 0 fully saturated rings. The lowest BCUT2D eigenvalue weighted by molar-refractivity contribution is 0.0586. The van der Waals surface area contributed by atoms with Gasteiger partial charge in [-0.1, -0.05) is 0 Å². The minimum atomic E-state index is -0.514. The fourth-order valence-electron chi connectivity index (χ4n) is 1.34. The van der Waals surface area contributed by atoms with Gasteiger partial charge in [-0.25, -0.2) is 9.78 Å². The second-order valence-electron chi connectivity index (χ2n) is 2.90. The van der Waals surface area contributed by atoms with Crippen molar-refractivity contribution in [3.05, 3.63) is 28.6 Å². The van der Waals surface area contributed by atoms with Crippen LogP contribution in [0.25, 0.3) is 5.52 Å². The number of nitrogens with zero attached hydrogens (tertiary/aromatic N) is 2. The second kappa shape index (κ2) is 3.54. The van der Waals surface area contributed by atoms with Crippen LogP contribution >= 0.6 is 15.9 Å². The van der Waals surface area contributed by atoms with Gasteiger partial charge in [0.25, 0.3) is 0 Å². The lowest BCUT2D eigenvalue weighted by Crippen LogP contribution is -2.09. The molecular formula is C9H8BrN3O2. The SMILES string of the molecule is COC(=O)c1ncc2c(Br)ccc(N)n12. The molecule has 0 unspecified atom stereocenters. The smallest absolute Gasteiger partial charge is 0.374 e. The Bertz CT molecular complexity index is 535. The number of methoxy groups -OCH3 is 1. The van der Waals surface area contributed by atoms with Crippen molar-refractivity contribution >= 4 is 33.2 Å².